The van der Waals surface area contributed by atoms with Crippen molar-refractivity contribution in [1.82, 2.24) is 4.90 Å². The SMILES string of the molecule is COc1ccc(C)cc1CSCC(=O)N1C(C)CCCC1C. The summed E-state index contributed by atoms with van der Waals surface area (Å²) in [5.41, 5.74) is 2.39. The molecule has 1 aromatic carbocycles. The number of benzene rings is 1. The molecule has 3 nitrogen and oxygen atoms in total. The van der Waals surface area contributed by atoms with Crippen LogP contribution in [0.4, 0.5) is 0 Å². The zero-order valence-corrected chi connectivity index (χ0v) is 14.9. The van der Waals surface area contributed by atoms with Crippen LogP contribution in [-0.2, 0) is 10.5 Å². The van der Waals surface area contributed by atoms with Crippen molar-refractivity contribution in [2.75, 3.05) is 12.9 Å². The van der Waals surface area contributed by atoms with Gasteiger partial charge in [-0.05, 0) is 46.1 Å². The van der Waals surface area contributed by atoms with Crippen molar-refractivity contribution in [2.24, 2.45) is 0 Å². The fourth-order valence-electron chi connectivity index (χ4n) is 3.26. The van der Waals surface area contributed by atoms with Crippen LogP contribution in [0.3, 0.4) is 0 Å². The summed E-state index contributed by atoms with van der Waals surface area (Å²) in [6.07, 6.45) is 3.50. The van der Waals surface area contributed by atoms with E-state index in [1.54, 1.807) is 18.9 Å². The van der Waals surface area contributed by atoms with E-state index < -0.39 is 0 Å². The highest BCUT2D eigenvalue weighted by Gasteiger charge is 2.28. The first-order chi connectivity index (χ1) is 10.5. The van der Waals surface area contributed by atoms with Gasteiger partial charge in [0.25, 0.3) is 0 Å². The van der Waals surface area contributed by atoms with Gasteiger partial charge in [0.15, 0.2) is 0 Å². The molecule has 0 saturated carbocycles. The molecule has 2 rings (SSSR count). The van der Waals surface area contributed by atoms with Gasteiger partial charge >= 0.3 is 0 Å². The van der Waals surface area contributed by atoms with Crippen LogP contribution < -0.4 is 4.74 Å². The van der Waals surface area contributed by atoms with Crippen molar-refractivity contribution in [3.05, 3.63) is 29.3 Å². The van der Waals surface area contributed by atoms with Gasteiger partial charge in [-0.1, -0.05) is 17.7 Å². The molecule has 4 heteroatoms. The molecule has 0 radical (unpaired) electrons. The predicted octanol–water partition coefficient (Wildman–Crippen LogP) is 4.03. The first-order valence-electron chi connectivity index (χ1n) is 8.05. The summed E-state index contributed by atoms with van der Waals surface area (Å²) in [5.74, 6) is 2.54. The first kappa shape index (κ1) is 17.2. The van der Waals surface area contributed by atoms with Gasteiger partial charge in [0.2, 0.25) is 5.91 Å². The Bertz CT molecular complexity index is 508. The van der Waals surface area contributed by atoms with E-state index in [1.165, 1.54) is 17.5 Å². The average molecular weight is 321 g/mol. The van der Waals surface area contributed by atoms with Crippen LogP contribution in [0.1, 0.15) is 44.2 Å². The molecule has 1 amide bonds. The number of amides is 1. The number of carbonyl (C=O) groups excluding carboxylic acids is 1. The number of rotatable bonds is 5. The van der Waals surface area contributed by atoms with Gasteiger partial charge in [0, 0.05) is 23.4 Å². The van der Waals surface area contributed by atoms with Crippen LogP contribution in [0.5, 0.6) is 5.75 Å². The van der Waals surface area contributed by atoms with Crippen LogP contribution in [-0.4, -0.2) is 35.8 Å². The van der Waals surface area contributed by atoms with Gasteiger partial charge < -0.3 is 9.64 Å². The number of likely N-dealkylation sites (tertiary alicyclic amines) is 1. The number of aryl methyl sites for hydroxylation is 1. The van der Waals surface area contributed by atoms with Crippen molar-refractivity contribution in [2.45, 2.75) is 57.9 Å². The standard InChI is InChI=1S/C18H27NO2S/c1-13-8-9-17(21-4)16(10-13)11-22-12-18(20)19-14(2)6-5-7-15(19)3/h8-10,14-15H,5-7,11-12H2,1-4H3. The zero-order valence-electron chi connectivity index (χ0n) is 14.1. The third-order valence-corrected chi connectivity index (χ3v) is 5.37. The van der Waals surface area contributed by atoms with Gasteiger partial charge in [-0.25, -0.2) is 0 Å². The molecule has 1 heterocycles. The van der Waals surface area contributed by atoms with E-state index >= 15 is 0 Å². The van der Waals surface area contributed by atoms with Crippen molar-refractivity contribution in [1.29, 1.82) is 0 Å². The number of carbonyl (C=O) groups is 1. The fraction of sp³-hybridized carbons (Fsp3) is 0.611. The van der Waals surface area contributed by atoms with Crippen molar-refractivity contribution < 1.29 is 9.53 Å². The number of ether oxygens (including phenoxy) is 1. The second kappa shape index (κ2) is 7.91. The quantitative estimate of drug-likeness (QED) is 0.820. The molecular formula is C18H27NO2S. The van der Waals surface area contributed by atoms with Crippen LogP contribution in [0.2, 0.25) is 0 Å². The maximum absolute atomic E-state index is 12.5. The van der Waals surface area contributed by atoms with Crippen molar-refractivity contribution in [3.63, 3.8) is 0 Å². The number of hydrogen-bond acceptors (Lipinski definition) is 3. The normalized spacial score (nSPS) is 21.7. The van der Waals surface area contributed by atoms with Crippen LogP contribution in [0, 0.1) is 6.92 Å². The third kappa shape index (κ3) is 4.19. The van der Waals surface area contributed by atoms with Gasteiger partial charge in [0.05, 0.1) is 12.9 Å². The molecule has 1 aliphatic heterocycles. The Balaban J connectivity index is 1.90. The highest BCUT2D eigenvalue weighted by Crippen LogP contribution is 2.26. The van der Waals surface area contributed by atoms with E-state index in [1.807, 2.05) is 6.07 Å². The summed E-state index contributed by atoms with van der Waals surface area (Å²) in [4.78, 5) is 14.6. The van der Waals surface area contributed by atoms with Crippen molar-refractivity contribution >= 4 is 17.7 Å². The van der Waals surface area contributed by atoms with E-state index in [2.05, 4.69) is 37.8 Å². The molecule has 1 aromatic rings. The van der Waals surface area contributed by atoms with E-state index in [-0.39, 0.29) is 5.91 Å². The molecule has 0 aliphatic carbocycles. The second-order valence-corrected chi connectivity index (χ2v) is 7.22. The minimum atomic E-state index is 0.274. The lowest BCUT2D eigenvalue weighted by atomic mass is 9.98. The maximum atomic E-state index is 12.5. The van der Waals surface area contributed by atoms with Gasteiger partial charge in [0.1, 0.15) is 5.75 Å². The molecule has 2 atom stereocenters. The van der Waals surface area contributed by atoms with E-state index in [4.69, 9.17) is 4.74 Å². The predicted molar refractivity (Wildman–Crippen MR) is 93.5 cm³/mol. The van der Waals surface area contributed by atoms with Gasteiger partial charge in [-0.15, -0.1) is 11.8 Å². The summed E-state index contributed by atoms with van der Waals surface area (Å²) in [7, 11) is 1.70. The molecule has 122 valence electrons. The molecule has 0 aromatic heterocycles. The number of nitrogens with zero attached hydrogens (tertiary/aromatic N) is 1. The van der Waals surface area contributed by atoms with Crippen molar-refractivity contribution in [3.8, 4) is 5.75 Å². The summed E-state index contributed by atoms with van der Waals surface area (Å²) in [5, 5.41) is 0. The smallest absolute Gasteiger partial charge is 0.233 e. The lowest BCUT2D eigenvalue weighted by molar-refractivity contribution is -0.134. The Labute approximate surface area is 138 Å². The van der Waals surface area contributed by atoms with Gasteiger partial charge in [-0.3, -0.25) is 4.79 Å². The van der Waals surface area contributed by atoms with E-state index in [0.717, 1.165) is 24.3 Å². The summed E-state index contributed by atoms with van der Waals surface area (Å²) in [6.45, 7) is 6.42. The Hall–Kier alpha value is -1.16. The molecule has 1 saturated heterocycles. The van der Waals surface area contributed by atoms with E-state index in [9.17, 15) is 4.79 Å². The summed E-state index contributed by atoms with van der Waals surface area (Å²) < 4.78 is 5.40. The summed E-state index contributed by atoms with van der Waals surface area (Å²) >= 11 is 1.68. The zero-order chi connectivity index (χ0) is 16.1. The monoisotopic (exact) mass is 321 g/mol. The van der Waals surface area contributed by atoms with E-state index in [0.29, 0.717) is 17.8 Å². The van der Waals surface area contributed by atoms with Crippen LogP contribution >= 0.6 is 11.8 Å². The Morgan fingerprint density at radius 2 is 2.00 bits per heavy atom. The minimum absolute atomic E-state index is 0.274. The molecule has 2 unspecified atom stereocenters. The molecule has 0 bridgehead atoms. The molecular weight excluding hydrogens is 294 g/mol. The number of thioether (sulfide) groups is 1. The first-order valence-corrected chi connectivity index (χ1v) is 9.20. The molecule has 0 N–H and O–H groups in total. The Morgan fingerprint density at radius 3 is 2.64 bits per heavy atom. The average Bonchev–Trinajstić information content (AvgIpc) is 2.47. The Morgan fingerprint density at radius 1 is 1.32 bits per heavy atom. The number of hydrogen-bond donors (Lipinski definition) is 0. The fourth-order valence-corrected chi connectivity index (χ4v) is 4.13. The number of piperidine rings is 1. The number of methoxy groups -OCH3 is 1. The molecule has 1 aliphatic rings. The largest absolute Gasteiger partial charge is 0.496 e. The minimum Gasteiger partial charge on any atom is -0.496 e. The van der Waals surface area contributed by atoms with Crippen LogP contribution in [0.15, 0.2) is 18.2 Å². The maximum Gasteiger partial charge on any atom is 0.233 e. The molecule has 0 spiro atoms. The van der Waals surface area contributed by atoms with Gasteiger partial charge in [-0.2, -0.15) is 0 Å². The molecule has 22 heavy (non-hydrogen) atoms. The van der Waals surface area contributed by atoms with Crippen LogP contribution in [0.25, 0.3) is 0 Å². The summed E-state index contributed by atoms with van der Waals surface area (Å²) in [6, 6.07) is 6.95. The Kier molecular flexibility index (Phi) is 6.18. The molecule has 1 fully saturated rings. The topological polar surface area (TPSA) is 29.5 Å². The lowest BCUT2D eigenvalue weighted by Crippen LogP contribution is -2.48. The third-order valence-electron chi connectivity index (χ3n) is 4.40. The highest BCUT2D eigenvalue weighted by atomic mass is 32.2. The second-order valence-electron chi connectivity index (χ2n) is 6.24. The highest BCUT2D eigenvalue weighted by molar-refractivity contribution is 7.99. The lowest BCUT2D eigenvalue weighted by Gasteiger charge is -2.39.